The Balaban J connectivity index is 1.33. The van der Waals surface area contributed by atoms with Crippen LogP contribution in [0.15, 0.2) is 40.5 Å². The van der Waals surface area contributed by atoms with Crippen molar-refractivity contribution in [2.45, 2.75) is 61.9 Å². The second-order valence-electron chi connectivity index (χ2n) is 14.0. The van der Waals surface area contributed by atoms with Gasteiger partial charge in [0.1, 0.15) is 11.6 Å². The summed E-state index contributed by atoms with van der Waals surface area (Å²) in [6.07, 6.45) is -1.11. The van der Waals surface area contributed by atoms with Gasteiger partial charge in [0.2, 0.25) is 5.91 Å². The van der Waals surface area contributed by atoms with Crippen LogP contribution in [0, 0.1) is 5.82 Å². The second-order valence-corrected chi connectivity index (χ2v) is 16.1. The molecular weight excluding hydrogens is 705 g/mol. The number of anilines is 2. The molecule has 4 aliphatic rings. The minimum atomic E-state index is -4.82. The minimum absolute atomic E-state index is 0.0366. The molecule has 3 atom stereocenters. The number of carbonyl (C=O) groups is 1. The molecule has 3 fully saturated rings. The third-order valence-electron chi connectivity index (χ3n) is 10.6. The van der Waals surface area contributed by atoms with E-state index in [0.717, 1.165) is 49.6 Å². The standard InChI is InChI=1S/C35H38F4N8O2S2/c1-4-26(48)46-18(2)14-45(15-19(46)3)32-23-13-24(35(37,38)39)27(22-7-8-25(36)30-28(22)41-33(40)51-30)31-29(23)47(34(49)42-32)21(17-50-31)16-43-9-11-44(12-10-43)20-5-6-20/h4,7-8,13,18-21H,1,5-6,9-12,14-17H2,2-3H3,(H2,40,41)/t18-,19+,21?. The summed E-state index contributed by atoms with van der Waals surface area (Å²) in [4.78, 5) is 44.4. The van der Waals surface area contributed by atoms with E-state index in [-0.39, 0.29) is 79.7 Å². The van der Waals surface area contributed by atoms with Gasteiger partial charge in [0.05, 0.1) is 27.3 Å². The normalized spacial score (nSPS) is 23.4. The minimum Gasteiger partial charge on any atom is -0.375 e. The Bertz CT molecular complexity index is 2110. The molecule has 51 heavy (non-hydrogen) atoms. The van der Waals surface area contributed by atoms with Crippen molar-refractivity contribution in [1.29, 1.82) is 0 Å². The highest BCUT2D eigenvalue weighted by atomic mass is 32.2. The van der Waals surface area contributed by atoms with Crippen LogP contribution < -0.4 is 16.3 Å². The average Bonchev–Trinajstić information content (AvgIpc) is 3.86. The van der Waals surface area contributed by atoms with E-state index < -0.39 is 23.2 Å². The molecule has 2 N–H and O–H groups in total. The molecule has 0 spiro atoms. The number of rotatable bonds is 6. The fourth-order valence-corrected chi connectivity index (χ4v) is 10.3. The molecule has 1 amide bonds. The maximum absolute atomic E-state index is 15.3. The molecule has 8 rings (SSSR count). The van der Waals surface area contributed by atoms with Crippen LogP contribution in [0.3, 0.4) is 0 Å². The molecular formula is C35H38F4N8O2S2. The molecule has 1 saturated carbocycles. The van der Waals surface area contributed by atoms with Crippen molar-refractivity contribution in [3.8, 4) is 11.1 Å². The van der Waals surface area contributed by atoms with Crippen LogP contribution in [-0.4, -0.2) is 105 Å². The number of carbonyl (C=O) groups excluding carboxylic acids is 1. The van der Waals surface area contributed by atoms with Crippen LogP contribution in [0.4, 0.5) is 28.5 Å². The van der Waals surface area contributed by atoms with Crippen molar-refractivity contribution in [3.63, 3.8) is 0 Å². The number of nitrogens with two attached hydrogens (primary N) is 1. The predicted molar refractivity (Wildman–Crippen MR) is 193 cm³/mol. The first kappa shape index (κ1) is 34.4. The first-order chi connectivity index (χ1) is 24.3. The molecule has 1 unspecified atom stereocenters. The highest BCUT2D eigenvalue weighted by molar-refractivity contribution is 7.99. The van der Waals surface area contributed by atoms with Crippen LogP contribution in [0.25, 0.3) is 32.2 Å². The predicted octanol–water partition coefficient (Wildman–Crippen LogP) is 5.45. The van der Waals surface area contributed by atoms with Gasteiger partial charge in [0.25, 0.3) is 0 Å². The lowest BCUT2D eigenvalue weighted by atomic mass is 9.95. The number of fused-ring (bicyclic) bond motifs is 1. The van der Waals surface area contributed by atoms with Gasteiger partial charge >= 0.3 is 11.9 Å². The number of benzene rings is 2. The van der Waals surface area contributed by atoms with E-state index in [2.05, 4.69) is 26.3 Å². The summed E-state index contributed by atoms with van der Waals surface area (Å²) in [5, 5.41) is 0.241. The quantitative estimate of drug-likeness (QED) is 0.204. The van der Waals surface area contributed by atoms with Gasteiger partial charge in [0.15, 0.2) is 5.13 Å². The van der Waals surface area contributed by atoms with E-state index >= 15 is 13.2 Å². The van der Waals surface area contributed by atoms with Gasteiger partial charge < -0.3 is 15.5 Å². The number of hydrogen-bond acceptors (Lipinski definition) is 10. The summed E-state index contributed by atoms with van der Waals surface area (Å²) in [6, 6.07) is 3.21. The van der Waals surface area contributed by atoms with Gasteiger partial charge in [-0.15, -0.1) is 11.8 Å². The Morgan fingerprint density at radius 2 is 1.80 bits per heavy atom. The highest BCUT2D eigenvalue weighted by Crippen LogP contribution is 2.51. The summed E-state index contributed by atoms with van der Waals surface area (Å²) in [5.74, 6) is -0.370. The SMILES string of the molecule is C=CC(=O)N1[C@H](C)CN(c2nc(=O)n3c4c(c(-c5ccc(F)c6sc(N)nc56)c(C(F)(F)F)cc24)SCC3CN2CCN(C3CC3)CC2)C[C@@H]1C. The van der Waals surface area contributed by atoms with E-state index in [1.165, 1.54) is 36.7 Å². The molecule has 2 aromatic carbocycles. The zero-order chi connectivity index (χ0) is 35.9. The zero-order valence-corrected chi connectivity index (χ0v) is 29.9. The topological polar surface area (TPSA) is 104 Å². The lowest BCUT2D eigenvalue weighted by Crippen LogP contribution is -2.58. The monoisotopic (exact) mass is 742 g/mol. The lowest BCUT2D eigenvalue weighted by molar-refractivity contribution is -0.137. The smallest absolute Gasteiger partial charge is 0.375 e. The van der Waals surface area contributed by atoms with E-state index in [0.29, 0.717) is 23.9 Å². The highest BCUT2D eigenvalue weighted by Gasteiger charge is 2.42. The van der Waals surface area contributed by atoms with E-state index in [4.69, 9.17) is 5.73 Å². The molecule has 0 radical (unpaired) electrons. The average molecular weight is 743 g/mol. The molecule has 2 aromatic heterocycles. The number of halogens is 4. The van der Waals surface area contributed by atoms with E-state index in [1.807, 2.05) is 18.7 Å². The molecule has 0 bridgehead atoms. The van der Waals surface area contributed by atoms with Crippen LogP contribution in [0.2, 0.25) is 0 Å². The maximum atomic E-state index is 15.3. The maximum Gasteiger partial charge on any atom is 0.417 e. The first-order valence-electron chi connectivity index (χ1n) is 17.2. The molecule has 5 heterocycles. The Morgan fingerprint density at radius 1 is 1.10 bits per heavy atom. The molecule has 1 aliphatic carbocycles. The first-order valence-corrected chi connectivity index (χ1v) is 19.0. The van der Waals surface area contributed by atoms with Crippen LogP contribution >= 0.6 is 23.1 Å². The third kappa shape index (κ3) is 5.97. The molecule has 16 heteroatoms. The number of hydrogen-bond donors (Lipinski definition) is 1. The van der Waals surface area contributed by atoms with Crippen LogP contribution in [0.5, 0.6) is 0 Å². The number of nitrogens with zero attached hydrogens (tertiary/aromatic N) is 7. The van der Waals surface area contributed by atoms with Crippen LogP contribution in [0.1, 0.15) is 38.3 Å². The molecule has 2 saturated heterocycles. The summed E-state index contributed by atoms with van der Waals surface area (Å²) >= 11 is 2.16. The Morgan fingerprint density at radius 3 is 2.45 bits per heavy atom. The number of piperazine rings is 2. The zero-order valence-electron chi connectivity index (χ0n) is 28.2. The van der Waals surface area contributed by atoms with Crippen LogP contribution in [-0.2, 0) is 11.0 Å². The Hall–Kier alpha value is -3.73. The van der Waals surface area contributed by atoms with Crippen molar-refractivity contribution >= 4 is 61.1 Å². The summed E-state index contributed by atoms with van der Waals surface area (Å²) in [6.45, 7) is 12.0. The van der Waals surface area contributed by atoms with Gasteiger partial charge in [-0.3, -0.25) is 19.2 Å². The van der Waals surface area contributed by atoms with E-state index in [1.54, 1.807) is 9.47 Å². The van der Waals surface area contributed by atoms with Crippen molar-refractivity contribution in [2.75, 3.05) is 62.2 Å². The van der Waals surface area contributed by atoms with Crippen molar-refractivity contribution in [3.05, 3.63) is 52.7 Å². The molecule has 270 valence electrons. The summed E-state index contributed by atoms with van der Waals surface area (Å²) < 4.78 is 62.6. The number of aromatic nitrogens is 3. The fraction of sp³-hybridized carbons (Fsp3) is 0.486. The summed E-state index contributed by atoms with van der Waals surface area (Å²) in [7, 11) is 0. The van der Waals surface area contributed by atoms with Crippen molar-refractivity contribution in [1.82, 2.24) is 29.2 Å². The molecule has 3 aliphatic heterocycles. The van der Waals surface area contributed by atoms with Crippen molar-refractivity contribution < 1.29 is 22.4 Å². The van der Waals surface area contributed by atoms with Gasteiger partial charge in [-0.1, -0.05) is 17.9 Å². The Labute approximate surface area is 299 Å². The second kappa shape index (κ2) is 12.7. The number of thioether (sulfide) groups is 1. The number of alkyl halides is 3. The number of amides is 1. The van der Waals surface area contributed by atoms with Crippen molar-refractivity contribution in [2.24, 2.45) is 0 Å². The van der Waals surface area contributed by atoms with Gasteiger partial charge in [-0.25, -0.2) is 14.2 Å². The largest absolute Gasteiger partial charge is 0.417 e. The van der Waals surface area contributed by atoms with Gasteiger partial charge in [-0.2, -0.15) is 18.2 Å². The van der Waals surface area contributed by atoms with Gasteiger partial charge in [-0.05, 0) is 51.0 Å². The third-order valence-corrected chi connectivity index (χ3v) is 12.7. The number of nitrogen functional groups attached to an aromatic ring is 1. The lowest BCUT2D eigenvalue weighted by Gasteiger charge is -2.45. The molecule has 10 nitrogen and oxygen atoms in total. The van der Waals surface area contributed by atoms with Gasteiger partial charge in [0, 0.05) is 91.1 Å². The fourth-order valence-electron chi connectivity index (χ4n) is 8.24. The number of thiazole rings is 1. The Kier molecular flexibility index (Phi) is 8.58. The van der Waals surface area contributed by atoms with E-state index in [9.17, 15) is 14.0 Å². The summed E-state index contributed by atoms with van der Waals surface area (Å²) in [5.41, 5.74) is 4.85. The molecule has 4 aromatic rings.